The van der Waals surface area contributed by atoms with Gasteiger partial charge in [0.25, 0.3) is 0 Å². The molecular formula is C26H27PSi. The summed E-state index contributed by atoms with van der Waals surface area (Å²) in [5.41, 5.74) is 3.42. The van der Waals surface area contributed by atoms with E-state index in [2.05, 4.69) is 134 Å². The molecule has 0 aliphatic carbocycles. The summed E-state index contributed by atoms with van der Waals surface area (Å²) in [6.45, 7) is 4.91. The molecule has 0 saturated carbocycles. The van der Waals surface area contributed by atoms with Crippen LogP contribution >= 0.6 is 6.89 Å². The van der Waals surface area contributed by atoms with Crippen LogP contribution in [0.25, 0.3) is 0 Å². The molecule has 0 aliphatic heterocycles. The van der Waals surface area contributed by atoms with E-state index >= 15 is 0 Å². The second kappa shape index (κ2) is 9.11. The summed E-state index contributed by atoms with van der Waals surface area (Å²) in [5, 5.41) is 4.07. The summed E-state index contributed by atoms with van der Waals surface area (Å²) in [5.74, 6) is 5.66. The molecule has 140 valence electrons. The lowest BCUT2D eigenvalue weighted by molar-refractivity contribution is 1.73. The zero-order chi connectivity index (χ0) is 19.9. The molecule has 0 nitrogen and oxygen atoms in total. The highest BCUT2D eigenvalue weighted by atomic mass is 31.2. The molecule has 0 heterocycles. The summed E-state index contributed by atoms with van der Waals surface area (Å²) in [4.78, 5) is 0. The normalized spacial score (nSPS) is 11.7. The van der Waals surface area contributed by atoms with E-state index in [1.807, 2.05) is 6.08 Å². The minimum Gasteiger partial charge on any atom is -0.127 e. The number of benzene rings is 3. The summed E-state index contributed by atoms with van der Waals surface area (Å²) in [7, 11) is -1.36. The fraction of sp³-hybridized carbons (Fsp3) is 0.115. The van der Waals surface area contributed by atoms with Crippen molar-refractivity contribution >= 4 is 36.7 Å². The van der Waals surface area contributed by atoms with Crippen molar-refractivity contribution in [1.29, 1.82) is 0 Å². The smallest absolute Gasteiger partial charge is 0.127 e. The lowest BCUT2D eigenvalue weighted by Crippen LogP contribution is -2.26. The van der Waals surface area contributed by atoms with Crippen LogP contribution in [0.4, 0.5) is 0 Å². The molecule has 0 fully saturated rings. The van der Waals surface area contributed by atoms with Gasteiger partial charge in [-0.1, -0.05) is 128 Å². The minimum atomic E-state index is -1.90. The molecule has 0 unspecified atom stereocenters. The quantitative estimate of drug-likeness (QED) is 0.321. The number of hydrogen-bond donors (Lipinski definition) is 0. The molecule has 3 rings (SSSR count). The van der Waals surface area contributed by atoms with Crippen molar-refractivity contribution in [1.82, 2.24) is 0 Å². The van der Waals surface area contributed by atoms with Crippen molar-refractivity contribution < 1.29 is 0 Å². The predicted octanol–water partition coefficient (Wildman–Crippen LogP) is 5.22. The first kappa shape index (κ1) is 20.2. The van der Waals surface area contributed by atoms with Gasteiger partial charge in [-0.3, -0.25) is 0 Å². The molecule has 0 spiro atoms. The second-order valence-electron chi connectivity index (χ2n) is 7.76. The molecule has 0 saturated heterocycles. The van der Waals surface area contributed by atoms with Crippen LogP contribution in [0.5, 0.6) is 0 Å². The van der Waals surface area contributed by atoms with Gasteiger partial charge in [0.15, 0.2) is 0 Å². The fourth-order valence-corrected chi connectivity index (χ4v) is 7.37. The number of rotatable bonds is 4. The maximum Gasteiger partial charge on any atom is 0.129 e. The standard InChI is InChI=1S/C26H27PSi/c1-28(2,3)23-15-7-14-22-27(24-16-8-4-9-17-24,25-18-10-5-11-19-25)26-20-12-6-13-21-26/h4-14,16-22H,1-3H3/b14-7+. The minimum absolute atomic E-state index is 1.36. The molecule has 3 aromatic rings. The van der Waals surface area contributed by atoms with E-state index in [1.165, 1.54) is 15.9 Å². The molecule has 0 aliphatic rings. The van der Waals surface area contributed by atoms with E-state index in [-0.39, 0.29) is 0 Å². The zero-order valence-corrected chi connectivity index (χ0v) is 18.7. The Morgan fingerprint density at radius 2 is 1.04 bits per heavy atom. The topological polar surface area (TPSA) is 0 Å². The Bertz CT molecular complexity index is 928. The van der Waals surface area contributed by atoms with Gasteiger partial charge in [-0.2, -0.15) is 0 Å². The van der Waals surface area contributed by atoms with Gasteiger partial charge < -0.3 is 0 Å². The van der Waals surface area contributed by atoms with Crippen molar-refractivity contribution in [2.24, 2.45) is 0 Å². The maximum atomic E-state index is 3.42. The fourth-order valence-electron chi connectivity index (χ4n) is 3.17. The molecule has 2 heteroatoms. The highest BCUT2D eigenvalue weighted by Gasteiger charge is 2.23. The Balaban J connectivity index is 2.27. The summed E-state index contributed by atoms with van der Waals surface area (Å²) in [6.07, 6.45) is 4.18. The van der Waals surface area contributed by atoms with Gasteiger partial charge in [-0.25, -0.2) is 0 Å². The Morgan fingerprint density at radius 1 is 0.643 bits per heavy atom. The summed E-state index contributed by atoms with van der Waals surface area (Å²) < 4.78 is 0. The third-order valence-corrected chi connectivity index (χ3v) is 9.28. The van der Waals surface area contributed by atoms with Gasteiger partial charge in [-0.15, -0.1) is 5.54 Å². The molecule has 0 atom stereocenters. The monoisotopic (exact) mass is 398 g/mol. The third-order valence-electron chi connectivity index (χ3n) is 4.43. The second-order valence-corrected chi connectivity index (χ2v) is 15.8. The van der Waals surface area contributed by atoms with Crippen LogP contribution < -0.4 is 15.9 Å². The van der Waals surface area contributed by atoms with Gasteiger partial charge >= 0.3 is 0 Å². The van der Waals surface area contributed by atoms with E-state index in [0.29, 0.717) is 0 Å². The van der Waals surface area contributed by atoms with Crippen molar-refractivity contribution in [2.75, 3.05) is 0 Å². The molecule has 3 aromatic carbocycles. The van der Waals surface area contributed by atoms with E-state index in [4.69, 9.17) is 0 Å². The highest BCUT2D eigenvalue weighted by Crippen LogP contribution is 2.43. The first-order chi connectivity index (χ1) is 13.5. The lowest BCUT2D eigenvalue weighted by atomic mass is 10.4. The average molecular weight is 399 g/mol. The molecular weight excluding hydrogens is 371 g/mol. The van der Waals surface area contributed by atoms with E-state index in [9.17, 15) is 0 Å². The first-order valence-electron chi connectivity index (χ1n) is 9.62. The van der Waals surface area contributed by atoms with Crippen molar-refractivity contribution in [3.8, 4) is 11.5 Å². The third kappa shape index (κ3) is 4.85. The Morgan fingerprint density at radius 3 is 1.39 bits per heavy atom. The first-order valence-corrected chi connectivity index (χ1v) is 15.0. The molecule has 0 aromatic heterocycles. The number of allylic oxidation sites excluding steroid dienone is 2. The average Bonchev–Trinajstić information content (AvgIpc) is 2.72. The zero-order valence-electron chi connectivity index (χ0n) is 16.8. The Labute approximate surface area is 170 Å². The number of hydrogen-bond acceptors (Lipinski definition) is 0. The van der Waals surface area contributed by atoms with E-state index in [0.717, 1.165) is 0 Å². The summed E-state index contributed by atoms with van der Waals surface area (Å²) in [6, 6.07) is 32.6. The Kier molecular flexibility index (Phi) is 6.58. The van der Waals surface area contributed by atoms with Gasteiger partial charge in [0.2, 0.25) is 0 Å². The Hall–Kier alpha value is -2.52. The lowest BCUT2D eigenvalue weighted by Gasteiger charge is -2.28. The van der Waals surface area contributed by atoms with Crippen molar-refractivity contribution in [3.63, 3.8) is 0 Å². The predicted molar refractivity (Wildman–Crippen MR) is 131 cm³/mol. The largest absolute Gasteiger partial charge is 0.129 e. The van der Waals surface area contributed by atoms with E-state index in [1.54, 1.807) is 0 Å². The van der Waals surface area contributed by atoms with Gasteiger partial charge in [0.1, 0.15) is 8.07 Å². The van der Waals surface area contributed by atoms with Crippen molar-refractivity contribution in [2.45, 2.75) is 19.6 Å². The van der Waals surface area contributed by atoms with Gasteiger partial charge in [-0.05, 0) is 28.9 Å². The SMILES string of the molecule is C[Si](C)(C)C#C/C=C/C=P(c1ccccc1)(c1ccccc1)c1ccccc1. The molecule has 0 radical (unpaired) electrons. The van der Waals surface area contributed by atoms with Crippen LogP contribution in [0.2, 0.25) is 19.6 Å². The van der Waals surface area contributed by atoms with Crippen molar-refractivity contribution in [3.05, 3.63) is 103 Å². The molecule has 0 bridgehead atoms. The summed E-state index contributed by atoms with van der Waals surface area (Å²) >= 11 is 0. The van der Waals surface area contributed by atoms with E-state index < -0.39 is 15.0 Å². The van der Waals surface area contributed by atoms with Crippen LogP contribution in [-0.4, -0.2) is 13.9 Å². The van der Waals surface area contributed by atoms with Gasteiger partial charge in [0.05, 0.1) is 0 Å². The molecule has 28 heavy (non-hydrogen) atoms. The van der Waals surface area contributed by atoms with Crippen LogP contribution in [0.1, 0.15) is 0 Å². The van der Waals surface area contributed by atoms with Crippen LogP contribution in [0.15, 0.2) is 103 Å². The van der Waals surface area contributed by atoms with Crippen LogP contribution in [-0.2, 0) is 0 Å². The highest BCUT2D eigenvalue weighted by molar-refractivity contribution is 7.94. The molecule has 0 amide bonds. The van der Waals surface area contributed by atoms with Gasteiger partial charge in [0, 0.05) is 0 Å². The molecule has 0 N–H and O–H groups in total. The van der Waals surface area contributed by atoms with Crippen LogP contribution in [0, 0.1) is 11.5 Å². The maximum absolute atomic E-state index is 3.42. The van der Waals surface area contributed by atoms with Crippen LogP contribution in [0.3, 0.4) is 0 Å².